The predicted molar refractivity (Wildman–Crippen MR) is 137 cm³/mol. The van der Waals surface area contributed by atoms with E-state index in [1.165, 1.54) is 4.90 Å². The fourth-order valence-corrected chi connectivity index (χ4v) is 4.19. The van der Waals surface area contributed by atoms with Crippen molar-refractivity contribution in [1.29, 1.82) is 0 Å². The van der Waals surface area contributed by atoms with Crippen LogP contribution in [0, 0.1) is 6.92 Å². The highest BCUT2D eigenvalue weighted by molar-refractivity contribution is 6.46. The topological polar surface area (TPSA) is 61.9 Å². The zero-order chi connectivity index (χ0) is 24.2. The first-order chi connectivity index (χ1) is 16.5. The number of anilines is 3. The molecule has 0 radical (unpaired) electrons. The number of ether oxygens (including phenoxy) is 1. The Labute approximate surface area is 200 Å². The highest BCUT2D eigenvalue weighted by Crippen LogP contribution is 2.35. The molecule has 174 valence electrons. The summed E-state index contributed by atoms with van der Waals surface area (Å²) < 4.78 is 5.26. The third-order valence-corrected chi connectivity index (χ3v) is 6.08. The van der Waals surface area contributed by atoms with Crippen molar-refractivity contribution in [3.05, 3.63) is 89.6 Å². The van der Waals surface area contributed by atoms with E-state index in [0.717, 1.165) is 30.0 Å². The third kappa shape index (κ3) is 4.27. The van der Waals surface area contributed by atoms with Gasteiger partial charge in [-0.3, -0.25) is 9.59 Å². The summed E-state index contributed by atoms with van der Waals surface area (Å²) in [5.41, 5.74) is 4.52. The Kier molecular flexibility index (Phi) is 6.68. The number of carbonyl (C=O) groups excluding carboxylic acids is 2. The molecule has 6 heteroatoms. The predicted octanol–water partition coefficient (Wildman–Crippen LogP) is 5.25. The number of hydrogen-bond donors (Lipinski definition) is 1. The quantitative estimate of drug-likeness (QED) is 0.470. The first-order valence-corrected chi connectivity index (χ1v) is 11.4. The molecule has 0 saturated heterocycles. The van der Waals surface area contributed by atoms with Gasteiger partial charge < -0.3 is 15.0 Å². The average molecular weight is 456 g/mol. The van der Waals surface area contributed by atoms with E-state index in [2.05, 4.69) is 24.1 Å². The molecular weight excluding hydrogens is 426 g/mol. The molecule has 3 aromatic carbocycles. The number of imide groups is 1. The molecule has 4 rings (SSSR count). The van der Waals surface area contributed by atoms with Crippen LogP contribution in [0.5, 0.6) is 5.75 Å². The molecule has 0 atom stereocenters. The van der Waals surface area contributed by atoms with Crippen molar-refractivity contribution in [2.75, 3.05) is 35.3 Å². The largest absolute Gasteiger partial charge is 0.497 e. The molecule has 0 fully saturated rings. The lowest BCUT2D eigenvalue weighted by molar-refractivity contribution is -0.120. The van der Waals surface area contributed by atoms with Gasteiger partial charge in [-0.05, 0) is 74.4 Å². The zero-order valence-electron chi connectivity index (χ0n) is 20.0. The van der Waals surface area contributed by atoms with Crippen LogP contribution in [-0.2, 0) is 9.59 Å². The number of para-hydroxylation sites is 1. The maximum Gasteiger partial charge on any atom is 0.282 e. The molecule has 0 saturated carbocycles. The number of nitrogens with one attached hydrogen (secondary N) is 1. The first kappa shape index (κ1) is 23.1. The molecule has 6 nitrogen and oxygen atoms in total. The van der Waals surface area contributed by atoms with Crippen molar-refractivity contribution in [1.82, 2.24) is 0 Å². The van der Waals surface area contributed by atoms with Crippen molar-refractivity contribution in [3.8, 4) is 5.75 Å². The summed E-state index contributed by atoms with van der Waals surface area (Å²) in [4.78, 5) is 30.7. The molecular formula is C28H29N3O3. The van der Waals surface area contributed by atoms with Crippen LogP contribution in [0.1, 0.15) is 25.0 Å². The number of hydrogen-bond acceptors (Lipinski definition) is 5. The maximum absolute atomic E-state index is 13.6. The number of carbonyl (C=O) groups is 2. The Bertz CT molecular complexity index is 1230. The van der Waals surface area contributed by atoms with Gasteiger partial charge in [-0.25, -0.2) is 4.90 Å². The van der Waals surface area contributed by atoms with Gasteiger partial charge in [0.25, 0.3) is 11.8 Å². The van der Waals surface area contributed by atoms with Crippen LogP contribution in [0.15, 0.2) is 78.5 Å². The van der Waals surface area contributed by atoms with Gasteiger partial charge in [0.15, 0.2) is 0 Å². The van der Waals surface area contributed by atoms with Crippen LogP contribution in [-0.4, -0.2) is 32.0 Å². The highest BCUT2D eigenvalue weighted by Gasteiger charge is 2.40. The minimum atomic E-state index is -0.377. The Balaban J connectivity index is 1.76. The van der Waals surface area contributed by atoms with Crippen LogP contribution < -0.4 is 19.9 Å². The molecule has 34 heavy (non-hydrogen) atoms. The Hall–Kier alpha value is -4.06. The number of rotatable bonds is 8. The second-order valence-corrected chi connectivity index (χ2v) is 8.05. The summed E-state index contributed by atoms with van der Waals surface area (Å²) in [5.74, 6) is -0.0527. The van der Waals surface area contributed by atoms with E-state index in [0.29, 0.717) is 22.6 Å². The Morgan fingerprint density at radius 2 is 1.50 bits per heavy atom. The third-order valence-electron chi connectivity index (χ3n) is 6.08. The van der Waals surface area contributed by atoms with E-state index >= 15 is 0 Å². The molecule has 0 aliphatic carbocycles. The van der Waals surface area contributed by atoms with E-state index in [1.807, 2.05) is 49.4 Å². The Morgan fingerprint density at radius 3 is 2.09 bits per heavy atom. The molecule has 1 aliphatic heterocycles. The molecule has 1 aliphatic rings. The van der Waals surface area contributed by atoms with Crippen molar-refractivity contribution in [3.63, 3.8) is 0 Å². The van der Waals surface area contributed by atoms with Crippen LogP contribution in [0.25, 0.3) is 5.57 Å². The lowest BCUT2D eigenvalue weighted by Crippen LogP contribution is -2.33. The smallest absolute Gasteiger partial charge is 0.282 e. The molecule has 1 heterocycles. The second kappa shape index (κ2) is 9.83. The van der Waals surface area contributed by atoms with Crippen LogP contribution in [0.3, 0.4) is 0 Å². The number of nitrogens with zero attached hydrogens (tertiary/aromatic N) is 2. The van der Waals surface area contributed by atoms with Gasteiger partial charge in [0.1, 0.15) is 11.4 Å². The van der Waals surface area contributed by atoms with Crippen LogP contribution in [0.4, 0.5) is 17.1 Å². The molecule has 3 aromatic rings. The van der Waals surface area contributed by atoms with E-state index < -0.39 is 0 Å². The van der Waals surface area contributed by atoms with Gasteiger partial charge in [0, 0.05) is 24.5 Å². The average Bonchev–Trinajstić information content (AvgIpc) is 3.10. The van der Waals surface area contributed by atoms with Crippen molar-refractivity contribution < 1.29 is 14.3 Å². The molecule has 0 aromatic heterocycles. The van der Waals surface area contributed by atoms with Crippen molar-refractivity contribution in [2.45, 2.75) is 20.8 Å². The summed E-state index contributed by atoms with van der Waals surface area (Å²) in [7, 11) is 1.59. The van der Waals surface area contributed by atoms with Gasteiger partial charge in [0.05, 0.1) is 18.4 Å². The molecule has 1 N–H and O–H groups in total. The zero-order valence-corrected chi connectivity index (χ0v) is 20.0. The van der Waals surface area contributed by atoms with E-state index in [-0.39, 0.29) is 17.5 Å². The Morgan fingerprint density at radius 1 is 0.853 bits per heavy atom. The SMILES string of the molecule is CCN(CC)c1ccc(NC2=C(c3ccc(OC)cc3)C(=O)N(c3ccccc3C)C2=O)cc1. The van der Waals surface area contributed by atoms with E-state index in [4.69, 9.17) is 4.74 Å². The highest BCUT2D eigenvalue weighted by atomic mass is 16.5. The number of methoxy groups -OCH3 is 1. The fourth-order valence-electron chi connectivity index (χ4n) is 4.19. The summed E-state index contributed by atoms with van der Waals surface area (Å²) in [6.45, 7) is 7.94. The maximum atomic E-state index is 13.6. The lowest BCUT2D eigenvalue weighted by Gasteiger charge is -2.21. The molecule has 0 spiro atoms. The summed E-state index contributed by atoms with van der Waals surface area (Å²) in [6, 6.07) is 22.5. The van der Waals surface area contributed by atoms with Crippen molar-refractivity contribution >= 4 is 34.4 Å². The van der Waals surface area contributed by atoms with Gasteiger partial charge in [-0.1, -0.05) is 30.3 Å². The summed E-state index contributed by atoms with van der Waals surface area (Å²) in [5, 5.41) is 3.24. The first-order valence-electron chi connectivity index (χ1n) is 11.4. The minimum Gasteiger partial charge on any atom is -0.497 e. The van der Waals surface area contributed by atoms with Crippen LogP contribution in [0.2, 0.25) is 0 Å². The standard InChI is InChI=1S/C28H29N3O3/c1-5-30(6-2)22-15-13-21(14-16-22)29-26-25(20-11-17-23(34-4)18-12-20)27(32)31(28(26)33)24-10-8-7-9-19(24)3/h7-18,29H,5-6H2,1-4H3. The van der Waals surface area contributed by atoms with Crippen molar-refractivity contribution in [2.24, 2.45) is 0 Å². The number of aryl methyl sites for hydroxylation is 1. The van der Waals surface area contributed by atoms with Gasteiger partial charge >= 0.3 is 0 Å². The molecule has 0 unspecified atom stereocenters. The van der Waals surface area contributed by atoms with Crippen LogP contribution >= 0.6 is 0 Å². The minimum absolute atomic E-state index is 0.258. The van der Waals surface area contributed by atoms with E-state index in [9.17, 15) is 9.59 Å². The summed E-state index contributed by atoms with van der Waals surface area (Å²) in [6.07, 6.45) is 0. The van der Waals surface area contributed by atoms with E-state index in [1.54, 1.807) is 37.4 Å². The van der Waals surface area contributed by atoms with Gasteiger partial charge in [-0.2, -0.15) is 0 Å². The van der Waals surface area contributed by atoms with Gasteiger partial charge in [0.2, 0.25) is 0 Å². The normalized spacial score (nSPS) is 13.5. The summed E-state index contributed by atoms with van der Waals surface area (Å²) >= 11 is 0. The number of amides is 2. The van der Waals surface area contributed by atoms with Gasteiger partial charge in [-0.15, -0.1) is 0 Å². The lowest BCUT2D eigenvalue weighted by atomic mass is 10.0. The monoisotopic (exact) mass is 455 g/mol. The fraction of sp³-hybridized carbons (Fsp3) is 0.214. The second-order valence-electron chi connectivity index (χ2n) is 8.05. The molecule has 0 bridgehead atoms. The number of benzene rings is 3. The molecule has 2 amide bonds.